The third kappa shape index (κ3) is 6.65. The molecule has 0 atom stereocenters. The maximum absolute atomic E-state index is 12.7. The highest BCUT2D eigenvalue weighted by atomic mass is 35.5. The lowest BCUT2D eigenvalue weighted by molar-refractivity contribution is 0.102. The number of hydrogen-bond donors (Lipinski definition) is 3. The molecule has 1 fully saturated rings. The molecule has 4 rings (SSSR count). The molecule has 1 aliphatic heterocycles. The fourth-order valence-corrected chi connectivity index (χ4v) is 4.88. The van der Waals surface area contributed by atoms with E-state index in [-0.39, 0.29) is 18.4 Å². The average Bonchev–Trinajstić information content (AvgIpc) is 3.32. The smallest absolute Gasteiger partial charge is 0.267 e. The second-order valence-electron chi connectivity index (χ2n) is 8.41. The van der Waals surface area contributed by atoms with Gasteiger partial charge in [-0.15, -0.1) is 0 Å². The highest BCUT2D eigenvalue weighted by Gasteiger charge is 2.18. The van der Waals surface area contributed by atoms with Gasteiger partial charge in [-0.3, -0.25) is 24.7 Å². The van der Waals surface area contributed by atoms with Crippen molar-refractivity contribution in [2.75, 3.05) is 50.0 Å². The molecular formula is C25H28ClN5O3S. The molecule has 35 heavy (non-hydrogen) atoms. The molecular weight excluding hydrogens is 486 g/mol. The van der Waals surface area contributed by atoms with E-state index in [0.717, 1.165) is 61.7 Å². The summed E-state index contributed by atoms with van der Waals surface area (Å²) < 4.78 is 0. The van der Waals surface area contributed by atoms with E-state index < -0.39 is 0 Å². The molecule has 2 heterocycles. The number of piperazine rings is 1. The highest BCUT2D eigenvalue weighted by Crippen LogP contribution is 2.27. The van der Waals surface area contributed by atoms with Crippen molar-refractivity contribution in [1.29, 1.82) is 0 Å². The highest BCUT2D eigenvalue weighted by molar-refractivity contribution is 7.17. The standard InChI is InChI=1S/C25H28ClN5O3S/c1-17-3-2-4-20(26)22(17)28-24(34)21-15-27-25(35-21)29-23(33)19-7-5-18(6-8-19)16-31-11-9-30(10-12-31)13-14-32/h2-8,15,32H,9-14,16H2,1H3,(H,28,34)(H,27,29,33). The zero-order valence-electron chi connectivity index (χ0n) is 19.5. The van der Waals surface area contributed by atoms with Crippen LogP contribution in [0.1, 0.15) is 31.2 Å². The van der Waals surface area contributed by atoms with Crippen molar-refractivity contribution >= 4 is 45.6 Å². The molecule has 8 nitrogen and oxygen atoms in total. The maximum Gasteiger partial charge on any atom is 0.267 e. The first kappa shape index (κ1) is 25.3. The van der Waals surface area contributed by atoms with E-state index in [4.69, 9.17) is 16.7 Å². The van der Waals surface area contributed by atoms with Crippen LogP contribution in [0.3, 0.4) is 0 Å². The summed E-state index contributed by atoms with van der Waals surface area (Å²) in [5.41, 5.74) is 3.08. The zero-order chi connectivity index (χ0) is 24.8. The number of para-hydroxylation sites is 1. The number of aliphatic hydroxyl groups is 1. The van der Waals surface area contributed by atoms with Crippen LogP contribution in [0.5, 0.6) is 0 Å². The van der Waals surface area contributed by atoms with Crippen molar-refractivity contribution in [2.45, 2.75) is 13.5 Å². The summed E-state index contributed by atoms with van der Waals surface area (Å²) in [6, 6.07) is 12.9. The third-order valence-corrected chi connectivity index (χ3v) is 7.14. The van der Waals surface area contributed by atoms with Gasteiger partial charge in [-0.05, 0) is 36.2 Å². The molecule has 1 saturated heterocycles. The van der Waals surface area contributed by atoms with Gasteiger partial charge < -0.3 is 10.4 Å². The van der Waals surface area contributed by atoms with Gasteiger partial charge >= 0.3 is 0 Å². The van der Waals surface area contributed by atoms with Crippen LogP contribution in [0.15, 0.2) is 48.7 Å². The van der Waals surface area contributed by atoms with Crippen molar-refractivity contribution in [2.24, 2.45) is 0 Å². The van der Waals surface area contributed by atoms with Crippen molar-refractivity contribution < 1.29 is 14.7 Å². The molecule has 0 spiro atoms. The first-order chi connectivity index (χ1) is 16.9. The average molecular weight is 514 g/mol. The van der Waals surface area contributed by atoms with E-state index in [1.165, 1.54) is 6.20 Å². The van der Waals surface area contributed by atoms with Crippen LogP contribution >= 0.6 is 22.9 Å². The van der Waals surface area contributed by atoms with E-state index in [9.17, 15) is 9.59 Å². The quantitative estimate of drug-likeness (QED) is 0.425. The number of anilines is 2. The minimum absolute atomic E-state index is 0.196. The predicted octanol–water partition coefficient (Wildman–Crippen LogP) is 3.72. The van der Waals surface area contributed by atoms with Gasteiger partial charge in [0.25, 0.3) is 11.8 Å². The fraction of sp³-hybridized carbons (Fsp3) is 0.320. The Bertz CT molecular complexity index is 1160. The van der Waals surface area contributed by atoms with Crippen molar-refractivity contribution in [3.05, 3.63) is 75.3 Å². The van der Waals surface area contributed by atoms with Gasteiger partial charge in [0, 0.05) is 44.8 Å². The molecule has 3 N–H and O–H groups in total. The lowest BCUT2D eigenvalue weighted by atomic mass is 10.1. The number of nitrogens with zero attached hydrogens (tertiary/aromatic N) is 3. The molecule has 0 aliphatic carbocycles. The molecule has 2 amide bonds. The lowest BCUT2D eigenvalue weighted by Crippen LogP contribution is -2.46. The largest absolute Gasteiger partial charge is 0.395 e. The SMILES string of the molecule is Cc1cccc(Cl)c1NC(=O)c1cnc(NC(=O)c2ccc(CN3CCN(CCO)CC3)cc2)s1. The summed E-state index contributed by atoms with van der Waals surface area (Å²) in [6.07, 6.45) is 1.44. The summed E-state index contributed by atoms with van der Waals surface area (Å²) in [7, 11) is 0. The number of β-amino-alcohol motifs (C(OH)–C–C–N with tert-alkyl or cyclic N) is 1. The molecule has 1 aromatic heterocycles. The van der Waals surface area contributed by atoms with Crippen molar-refractivity contribution in [3.63, 3.8) is 0 Å². The molecule has 2 aromatic carbocycles. The van der Waals surface area contributed by atoms with Crippen LogP contribution in [0.25, 0.3) is 0 Å². The molecule has 0 bridgehead atoms. The Hall–Kier alpha value is -2.82. The minimum Gasteiger partial charge on any atom is -0.395 e. The molecule has 0 unspecified atom stereocenters. The normalized spacial score (nSPS) is 14.6. The number of hydrogen-bond acceptors (Lipinski definition) is 7. The van der Waals surface area contributed by atoms with Gasteiger partial charge in [0.1, 0.15) is 4.88 Å². The van der Waals surface area contributed by atoms with Gasteiger partial charge in [-0.25, -0.2) is 4.98 Å². The van der Waals surface area contributed by atoms with Crippen LogP contribution < -0.4 is 10.6 Å². The Balaban J connectivity index is 1.30. The minimum atomic E-state index is -0.333. The summed E-state index contributed by atoms with van der Waals surface area (Å²) in [5, 5.41) is 15.5. The van der Waals surface area contributed by atoms with E-state index in [1.54, 1.807) is 18.2 Å². The molecule has 3 aromatic rings. The number of aliphatic hydroxyl groups excluding tert-OH is 1. The number of aromatic nitrogens is 1. The second kappa shape index (κ2) is 11.7. The number of carbonyl (C=O) groups is 2. The molecule has 0 saturated carbocycles. The number of halogens is 1. The predicted molar refractivity (Wildman–Crippen MR) is 139 cm³/mol. The Morgan fingerprint density at radius 3 is 2.43 bits per heavy atom. The fourth-order valence-electron chi connectivity index (χ4n) is 3.90. The first-order valence-electron chi connectivity index (χ1n) is 11.4. The molecule has 1 aliphatic rings. The van der Waals surface area contributed by atoms with Crippen LogP contribution in [0.2, 0.25) is 5.02 Å². The van der Waals surface area contributed by atoms with Gasteiger partial charge in [0.15, 0.2) is 5.13 Å². The third-order valence-electron chi connectivity index (χ3n) is 5.91. The Morgan fingerprint density at radius 1 is 1.03 bits per heavy atom. The first-order valence-corrected chi connectivity index (χ1v) is 12.6. The number of thiazole rings is 1. The summed E-state index contributed by atoms with van der Waals surface area (Å²) in [5.74, 6) is -0.613. The molecule has 184 valence electrons. The van der Waals surface area contributed by atoms with Crippen LogP contribution in [0.4, 0.5) is 10.8 Å². The van der Waals surface area contributed by atoms with Crippen LogP contribution in [-0.4, -0.2) is 71.0 Å². The number of carbonyl (C=O) groups excluding carboxylic acids is 2. The van der Waals surface area contributed by atoms with Crippen molar-refractivity contribution in [3.8, 4) is 0 Å². The zero-order valence-corrected chi connectivity index (χ0v) is 21.0. The monoisotopic (exact) mass is 513 g/mol. The summed E-state index contributed by atoms with van der Waals surface area (Å²) in [6.45, 7) is 7.43. The number of rotatable bonds is 8. The number of nitrogens with one attached hydrogen (secondary N) is 2. The molecule has 10 heteroatoms. The van der Waals surface area contributed by atoms with Gasteiger partial charge in [0.05, 0.1) is 23.5 Å². The Morgan fingerprint density at radius 2 is 1.74 bits per heavy atom. The van der Waals surface area contributed by atoms with E-state index >= 15 is 0 Å². The Labute approximate surface area is 213 Å². The molecule has 0 radical (unpaired) electrons. The lowest BCUT2D eigenvalue weighted by Gasteiger charge is -2.34. The van der Waals surface area contributed by atoms with Gasteiger partial charge in [-0.2, -0.15) is 0 Å². The second-order valence-corrected chi connectivity index (χ2v) is 9.85. The summed E-state index contributed by atoms with van der Waals surface area (Å²) >= 11 is 7.29. The van der Waals surface area contributed by atoms with E-state index in [1.807, 2.05) is 31.2 Å². The number of amides is 2. The van der Waals surface area contributed by atoms with E-state index in [2.05, 4.69) is 25.4 Å². The van der Waals surface area contributed by atoms with E-state index in [0.29, 0.717) is 26.3 Å². The van der Waals surface area contributed by atoms with Gasteiger partial charge in [0.2, 0.25) is 0 Å². The van der Waals surface area contributed by atoms with Gasteiger partial charge in [-0.1, -0.05) is 47.2 Å². The number of aryl methyl sites for hydroxylation is 1. The van der Waals surface area contributed by atoms with Crippen LogP contribution in [0, 0.1) is 6.92 Å². The Kier molecular flexibility index (Phi) is 8.48. The topological polar surface area (TPSA) is 97.8 Å². The van der Waals surface area contributed by atoms with Crippen LogP contribution in [-0.2, 0) is 6.54 Å². The summed E-state index contributed by atoms with van der Waals surface area (Å²) in [4.78, 5) is 34.5. The van der Waals surface area contributed by atoms with Crippen molar-refractivity contribution in [1.82, 2.24) is 14.8 Å². The number of benzene rings is 2. The maximum atomic E-state index is 12.7.